The molecule has 2 aromatic heterocycles. The van der Waals surface area contributed by atoms with Crippen molar-refractivity contribution >= 4 is 40.9 Å². The summed E-state index contributed by atoms with van der Waals surface area (Å²) in [6.45, 7) is 6.02. The van der Waals surface area contributed by atoms with E-state index >= 15 is 0 Å². The predicted molar refractivity (Wildman–Crippen MR) is 189 cm³/mol. The van der Waals surface area contributed by atoms with Gasteiger partial charge in [-0.05, 0) is 86.5 Å². The number of amides is 3. The van der Waals surface area contributed by atoms with Crippen LogP contribution in [0.25, 0.3) is 16.8 Å². The maximum absolute atomic E-state index is 13.2. The summed E-state index contributed by atoms with van der Waals surface area (Å²) >= 11 is 0. The molecule has 260 valence electrons. The number of rotatable bonds is 11. The van der Waals surface area contributed by atoms with Crippen molar-refractivity contribution in [3.05, 3.63) is 102 Å². The maximum atomic E-state index is 13.2. The SMILES string of the molecule is COc1cc(C(=O)N(C)CCN(C)C(=O)OC(C)(C)C)ccc1Nc1nc2ccc(-c3ccc(NC(=O)Cc4ccc(F)cc4)cc3)cn2n1. The summed E-state index contributed by atoms with van der Waals surface area (Å²) < 4.78 is 25.8. The van der Waals surface area contributed by atoms with Crippen molar-refractivity contribution in [2.45, 2.75) is 32.8 Å². The monoisotopic (exact) mass is 681 g/mol. The zero-order chi connectivity index (χ0) is 36.0. The average Bonchev–Trinajstić information content (AvgIpc) is 3.49. The second-order valence-electron chi connectivity index (χ2n) is 12.8. The molecule has 3 amide bonds. The van der Waals surface area contributed by atoms with Gasteiger partial charge in [0.25, 0.3) is 5.91 Å². The zero-order valence-electron chi connectivity index (χ0n) is 28.9. The van der Waals surface area contributed by atoms with Crippen molar-refractivity contribution in [2.75, 3.05) is 44.9 Å². The van der Waals surface area contributed by atoms with Crippen molar-refractivity contribution in [1.82, 2.24) is 24.4 Å². The lowest BCUT2D eigenvalue weighted by Crippen LogP contribution is -2.39. The molecule has 13 heteroatoms. The van der Waals surface area contributed by atoms with Crippen LogP contribution in [-0.4, -0.2) is 82.2 Å². The topological polar surface area (TPSA) is 130 Å². The third-order valence-electron chi connectivity index (χ3n) is 7.63. The number of ether oxygens (including phenoxy) is 2. The van der Waals surface area contributed by atoms with Crippen LogP contribution in [0.2, 0.25) is 0 Å². The first-order valence-electron chi connectivity index (χ1n) is 15.9. The van der Waals surface area contributed by atoms with Crippen molar-refractivity contribution in [1.29, 1.82) is 0 Å². The number of nitrogens with one attached hydrogen (secondary N) is 2. The van der Waals surface area contributed by atoms with E-state index in [1.807, 2.05) is 42.6 Å². The predicted octanol–water partition coefficient (Wildman–Crippen LogP) is 6.41. The third kappa shape index (κ3) is 9.13. The maximum Gasteiger partial charge on any atom is 0.410 e. The number of carbonyl (C=O) groups excluding carboxylic acids is 3. The standard InChI is InChI=1S/C37H40FN7O5/c1-37(2,3)50-36(48)44(5)20-19-43(4)34(47)26-11-17-30(31(22-26)49-6)40-35-41-32-18-12-27(23-45(32)42-35)25-9-15-29(16-10-25)39-33(46)21-24-7-13-28(38)14-8-24/h7-18,22-23H,19-21H2,1-6H3,(H,39,46)(H,40,42). The molecule has 0 aliphatic rings. The number of pyridine rings is 1. The fourth-order valence-corrected chi connectivity index (χ4v) is 4.95. The number of nitrogens with zero attached hydrogens (tertiary/aromatic N) is 5. The van der Waals surface area contributed by atoms with Crippen molar-refractivity contribution in [3.8, 4) is 16.9 Å². The molecular formula is C37H40FN7O5. The molecule has 0 aliphatic carbocycles. The highest BCUT2D eigenvalue weighted by Crippen LogP contribution is 2.29. The molecule has 3 aromatic carbocycles. The summed E-state index contributed by atoms with van der Waals surface area (Å²) in [5, 5.41) is 10.6. The third-order valence-corrected chi connectivity index (χ3v) is 7.63. The first-order valence-corrected chi connectivity index (χ1v) is 15.9. The first kappa shape index (κ1) is 35.3. The van der Waals surface area contributed by atoms with E-state index in [2.05, 4.69) is 20.7 Å². The summed E-state index contributed by atoms with van der Waals surface area (Å²) in [7, 11) is 4.81. The van der Waals surface area contributed by atoms with Crippen molar-refractivity contribution < 1.29 is 28.2 Å². The molecule has 0 saturated carbocycles. The van der Waals surface area contributed by atoms with Crippen LogP contribution in [0, 0.1) is 5.82 Å². The van der Waals surface area contributed by atoms with Gasteiger partial charge in [-0.1, -0.05) is 24.3 Å². The normalized spacial score (nSPS) is 11.2. The van der Waals surface area contributed by atoms with Gasteiger partial charge in [-0.25, -0.2) is 13.7 Å². The number of fused-ring (bicyclic) bond motifs is 1. The van der Waals surface area contributed by atoms with Gasteiger partial charge in [0.15, 0.2) is 5.65 Å². The summed E-state index contributed by atoms with van der Waals surface area (Å²) in [4.78, 5) is 45.4. The summed E-state index contributed by atoms with van der Waals surface area (Å²) in [5.74, 6) is -0.00372. The van der Waals surface area contributed by atoms with Crippen molar-refractivity contribution in [3.63, 3.8) is 0 Å². The fourth-order valence-electron chi connectivity index (χ4n) is 4.95. The van der Waals surface area contributed by atoms with E-state index in [0.717, 1.165) is 16.7 Å². The van der Waals surface area contributed by atoms with Gasteiger partial charge in [0.05, 0.1) is 19.2 Å². The number of benzene rings is 3. The highest BCUT2D eigenvalue weighted by atomic mass is 19.1. The van der Waals surface area contributed by atoms with Gasteiger partial charge in [-0.3, -0.25) is 9.59 Å². The molecular weight excluding hydrogens is 641 g/mol. The summed E-state index contributed by atoms with van der Waals surface area (Å²) in [5.41, 5.74) is 4.18. The molecule has 0 bridgehead atoms. The number of aromatic nitrogens is 3. The number of carbonyl (C=O) groups is 3. The van der Waals surface area contributed by atoms with E-state index in [4.69, 9.17) is 9.47 Å². The Balaban J connectivity index is 1.20. The van der Waals surface area contributed by atoms with Gasteiger partial charge in [0, 0.05) is 50.2 Å². The minimum atomic E-state index is -0.605. The van der Waals surface area contributed by atoms with Crippen molar-refractivity contribution in [2.24, 2.45) is 0 Å². The van der Waals surface area contributed by atoms with Crippen LogP contribution in [0.3, 0.4) is 0 Å². The molecule has 0 atom stereocenters. The van der Waals surface area contributed by atoms with Crippen LogP contribution in [0.4, 0.5) is 26.5 Å². The van der Waals surface area contributed by atoms with Crippen LogP contribution in [0.5, 0.6) is 5.75 Å². The Bertz CT molecular complexity index is 1990. The van der Waals surface area contributed by atoms with Crippen LogP contribution >= 0.6 is 0 Å². The number of hydrogen-bond donors (Lipinski definition) is 2. The molecule has 0 saturated heterocycles. The molecule has 0 fully saturated rings. The Labute approximate surface area is 289 Å². The molecule has 0 aliphatic heterocycles. The molecule has 50 heavy (non-hydrogen) atoms. The van der Waals surface area contributed by atoms with Crippen LogP contribution in [0.1, 0.15) is 36.7 Å². The zero-order valence-corrected chi connectivity index (χ0v) is 28.9. The highest BCUT2D eigenvalue weighted by Gasteiger charge is 2.21. The molecule has 0 spiro atoms. The van der Waals surface area contributed by atoms with Gasteiger partial charge in [0.1, 0.15) is 17.2 Å². The Morgan fingerprint density at radius 3 is 2.24 bits per heavy atom. The summed E-state index contributed by atoms with van der Waals surface area (Å²) in [6, 6.07) is 22.1. The average molecular weight is 682 g/mol. The Morgan fingerprint density at radius 2 is 1.56 bits per heavy atom. The van der Waals surface area contributed by atoms with Gasteiger partial charge in [-0.15, -0.1) is 5.10 Å². The molecule has 2 heterocycles. The van der Waals surface area contributed by atoms with E-state index < -0.39 is 11.7 Å². The van der Waals surface area contributed by atoms with E-state index in [-0.39, 0.29) is 24.1 Å². The van der Waals surface area contributed by atoms with E-state index in [1.165, 1.54) is 29.0 Å². The van der Waals surface area contributed by atoms with Crippen LogP contribution < -0.4 is 15.4 Å². The lowest BCUT2D eigenvalue weighted by molar-refractivity contribution is -0.115. The Hall–Kier alpha value is -5.98. The van der Waals surface area contributed by atoms with E-state index in [9.17, 15) is 18.8 Å². The summed E-state index contributed by atoms with van der Waals surface area (Å²) in [6.07, 6.45) is 1.54. The largest absolute Gasteiger partial charge is 0.495 e. The second kappa shape index (κ2) is 15.1. The molecule has 12 nitrogen and oxygen atoms in total. The molecule has 0 radical (unpaired) electrons. The number of halogens is 1. The number of methoxy groups -OCH3 is 1. The van der Waals surface area contributed by atoms with Gasteiger partial charge in [0.2, 0.25) is 11.9 Å². The quantitative estimate of drug-likeness (QED) is 0.164. The van der Waals surface area contributed by atoms with Crippen LogP contribution in [-0.2, 0) is 16.0 Å². The van der Waals surface area contributed by atoms with Gasteiger partial charge in [-0.2, -0.15) is 4.98 Å². The minimum Gasteiger partial charge on any atom is -0.495 e. The highest BCUT2D eigenvalue weighted by molar-refractivity contribution is 5.95. The molecule has 2 N–H and O–H groups in total. The minimum absolute atomic E-state index is 0.142. The number of anilines is 3. The first-order chi connectivity index (χ1) is 23.8. The number of likely N-dealkylation sites (N-methyl/N-ethyl adjacent to an activating group) is 2. The second-order valence-corrected chi connectivity index (χ2v) is 12.8. The van der Waals surface area contributed by atoms with E-state index in [1.54, 1.807) is 69.7 Å². The molecule has 0 unspecified atom stereocenters. The Kier molecular flexibility index (Phi) is 10.6. The number of hydrogen-bond acceptors (Lipinski definition) is 8. The lowest BCUT2D eigenvalue weighted by atomic mass is 10.1. The Morgan fingerprint density at radius 1 is 0.880 bits per heavy atom. The fraction of sp³-hybridized carbons (Fsp3) is 0.270. The smallest absolute Gasteiger partial charge is 0.410 e. The van der Waals surface area contributed by atoms with E-state index in [0.29, 0.717) is 47.4 Å². The van der Waals surface area contributed by atoms with Gasteiger partial charge >= 0.3 is 6.09 Å². The lowest BCUT2D eigenvalue weighted by Gasteiger charge is -2.26. The van der Waals surface area contributed by atoms with Crippen LogP contribution in [0.15, 0.2) is 85.1 Å². The molecule has 5 rings (SSSR count). The van der Waals surface area contributed by atoms with Gasteiger partial charge < -0.3 is 29.9 Å². The molecule has 5 aromatic rings.